The highest BCUT2D eigenvalue weighted by molar-refractivity contribution is 7.93. The number of sulfonamides is 1. The lowest BCUT2D eigenvalue weighted by Crippen LogP contribution is -2.83. The van der Waals surface area contributed by atoms with Crippen molar-refractivity contribution in [3.63, 3.8) is 0 Å². The van der Waals surface area contributed by atoms with E-state index in [1.54, 1.807) is 134 Å². The van der Waals surface area contributed by atoms with Gasteiger partial charge in [-0.1, -0.05) is 121 Å². The van der Waals surface area contributed by atoms with E-state index >= 15 is 0 Å². The van der Waals surface area contributed by atoms with E-state index in [4.69, 9.17) is 0 Å². The number of benzene rings is 4. The van der Waals surface area contributed by atoms with Gasteiger partial charge in [-0.3, -0.25) is 0 Å². The van der Waals surface area contributed by atoms with E-state index in [1.807, 2.05) is 0 Å². The first-order chi connectivity index (χ1) is 17.0. The van der Waals surface area contributed by atoms with Gasteiger partial charge < -0.3 is 0 Å². The Morgan fingerprint density at radius 3 is 0.944 bits per heavy atom. The van der Waals surface area contributed by atoms with Crippen molar-refractivity contribution in [1.82, 2.24) is 3.64 Å². The third kappa shape index (κ3) is 4.36. The fourth-order valence-electron chi connectivity index (χ4n) is 4.88. The van der Waals surface area contributed by atoms with Crippen LogP contribution in [0, 0.1) is 0 Å². The first kappa shape index (κ1) is 26.1. The molecule has 0 bridgehead atoms. The quantitative estimate of drug-likeness (QED) is 0.333. The lowest BCUT2D eigenvalue weighted by atomic mass is 10.4. The predicted molar refractivity (Wildman–Crippen MR) is 144 cm³/mol. The number of alkyl halides is 3. The zero-order valence-electron chi connectivity index (χ0n) is 19.9. The Labute approximate surface area is 212 Å². The zero-order valence-corrected chi connectivity index (χ0v) is 22.7. The maximum Gasteiger partial charge on any atom is 0.510 e. The molecule has 0 unspecified atom stereocenters. The first-order valence-electron chi connectivity index (χ1n) is 11.4. The molecule has 0 aliphatic rings. The van der Waals surface area contributed by atoms with Crippen LogP contribution in [0.4, 0.5) is 13.2 Å². The van der Waals surface area contributed by atoms with E-state index in [9.17, 15) is 21.6 Å². The minimum absolute atomic E-state index is 0.578. The van der Waals surface area contributed by atoms with Gasteiger partial charge in [-0.15, -0.1) is 0 Å². The van der Waals surface area contributed by atoms with Crippen molar-refractivity contribution < 1.29 is 21.6 Å². The summed E-state index contributed by atoms with van der Waals surface area (Å²) in [7, 11) is -13.4. The Balaban J connectivity index is 2.21. The van der Waals surface area contributed by atoms with E-state index in [0.717, 1.165) is 3.64 Å². The van der Waals surface area contributed by atoms with Crippen LogP contribution >= 0.6 is 0 Å². The maximum absolute atomic E-state index is 14.6. The third-order valence-corrected chi connectivity index (χ3v) is 21.5. The van der Waals surface area contributed by atoms with Crippen molar-refractivity contribution in [1.29, 1.82) is 0 Å². The second-order valence-electron chi connectivity index (χ2n) is 8.82. The molecule has 186 valence electrons. The molecule has 36 heavy (non-hydrogen) atoms. The second kappa shape index (κ2) is 9.81. The number of hydrogen-bond acceptors (Lipinski definition) is 2. The summed E-state index contributed by atoms with van der Waals surface area (Å²) in [6.07, 6.45) is 0. The number of rotatable bonds is 7. The van der Waals surface area contributed by atoms with Gasteiger partial charge in [0.05, 0.1) is 0 Å². The van der Waals surface area contributed by atoms with Crippen LogP contribution in [0.15, 0.2) is 121 Å². The second-order valence-corrected chi connectivity index (χ2v) is 19.2. The number of hydrogen-bond donors (Lipinski definition) is 0. The van der Waals surface area contributed by atoms with E-state index in [1.165, 1.54) is 0 Å². The van der Waals surface area contributed by atoms with Crippen LogP contribution in [-0.4, -0.2) is 34.0 Å². The summed E-state index contributed by atoms with van der Waals surface area (Å²) in [5.74, 6) is 0. The van der Waals surface area contributed by atoms with Crippen LogP contribution in [0.5, 0.6) is 0 Å². The molecule has 0 heterocycles. The lowest BCUT2D eigenvalue weighted by Gasteiger charge is -2.49. The summed E-state index contributed by atoms with van der Waals surface area (Å²) in [6, 6.07) is 34.9. The van der Waals surface area contributed by atoms with Crippen LogP contribution in [0.3, 0.4) is 0 Å². The molecule has 0 radical (unpaired) electrons. The van der Waals surface area contributed by atoms with Gasteiger partial charge in [0.25, 0.3) is 0 Å². The van der Waals surface area contributed by atoms with Gasteiger partial charge in [-0.05, 0) is 33.8 Å². The predicted octanol–water partition coefficient (Wildman–Crippen LogP) is 3.92. The van der Waals surface area contributed by atoms with Crippen LogP contribution < -0.4 is 20.7 Å². The Hall–Kier alpha value is -2.99. The van der Waals surface area contributed by atoms with Crippen molar-refractivity contribution in [2.45, 2.75) is 18.6 Å². The van der Waals surface area contributed by atoms with Crippen molar-refractivity contribution >= 4 is 47.2 Å². The van der Waals surface area contributed by atoms with Gasteiger partial charge in [0.15, 0.2) is 16.5 Å². The minimum Gasteiger partial charge on any atom is -0.221 e. The molecule has 0 saturated carbocycles. The Morgan fingerprint density at radius 1 is 0.528 bits per heavy atom. The molecule has 3 nitrogen and oxygen atoms in total. The summed E-state index contributed by atoms with van der Waals surface area (Å²) < 4.78 is 72.4. The van der Waals surface area contributed by atoms with E-state index in [-0.39, 0.29) is 0 Å². The first-order valence-corrected chi connectivity index (χ1v) is 17.7. The van der Waals surface area contributed by atoms with Crippen molar-refractivity contribution in [2.24, 2.45) is 0 Å². The molecule has 0 aliphatic heterocycles. The molecule has 0 fully saturated rings. The monoisotopic (exact) mass is 541 g/mol. The summed E-state index contributed by atoms with van der Waals surface area (Å²) in [5.41, 5.74) is -5.48. The topological polar surface area (TPSA) is 37.4 Å². The molecule has 0 aliphatic carbocycles. The Kier molecular flexibility index (Phi) is 7.11. The molecule has 9 heteroatoms. The smallest absolute Gasteiger partial charge is 0.221 e. The van der Waals surface area contributed by atoms with Crippen LogP contribution in [-0.2, 0) is 10.0 Å². The summed E-state index contributed by atoms with van der Waals surface area (Å²) in [5, 5.41) is 2.31. The van der Waals surface area contributed by atoms with Crippen molar-refractivity contribution in [3.8, 4) is 0 Å². The molecular formula is C27H26F3NO2SSi2. The normalized spacial score (nSPS) is 13.1. The highest BCUT2D eigenvalue weighted by atomic mass is 32.2. The van der Waals surface area contributed by atoms with Crippen LogP contribution in [0.2, 0.25) is 13.1 Å². The Bertz CT molecular complexity index is 1240. The minimum atomic E-state index is -5.79. The van der Waals surface area contributed by atoms with Crippen LogP contribution in [0.1, 0.15) is 0 Å². The molecule has 0 saturated heterocycles. The van der Waals surface area contributed by atoms with Crippen molar-refractivity contribution in [2.75, 3.05) is 0 Å². The van der Waals surface area contributed by atoms with Gasteiger partial charge in [-0.25, -0.2) is 12.1 Å². The van der Waals surface area contributed by atoms with Crippen LogP contribution in [0.25, 0.3) is 0 Å². The fourth-order valence-corrected chi connectivity index (χ4v) is 20.9. The summed E-state index contributed by atoms with van der Waals surface area (Å²) in [4.78, 5) is 0. The number of nitrogens with zero attached hydrogens (tertiary/aromatic N) is 1. The average Bonchev–Trinajstić information content (AvgIpc) is 2.90. The molecule has 0 aromatic heterocycles. The van der Waals surface area contributed by atoms with E-state index in [0.29, 0.717) is 20.7 Å². The SMILES string of the molecule is C[Si](c1ccccc1)(c1ccccc1)N([Si](C)(c1ccccc1)c1ccccc1)S(=O)(=O)C(F)(F)F. The van der Waals surface area contributed by atoms with E-state index in [2.05, 4.69) is 0 Å². The van der Waals surface area contributed by atoms with E-state index < -0.39 is 32.0 Å². The summed E-state index contributed by atoms with van der Waals surface area (Å²) >= 11 is 0. The molecule has 0 atom stereocenters. The van der Waals surface area contributed by atoms with Gasteiger partial charge >= 0.3 is 15.5 Å². The molecular weight excluding hydrogens is 516 g/mol. The third-order valence-electron chi connectivity index (χ3n) is 6.69. The lowest BCUT2D eigenvalue weighted by molar-refractivity contribution is -0.0459. The largest absolute Gasteiger partial charge is 0.510 e. The maximum atomic E-state index is 14.6. The molecule has 0 spiro atoms. The Morgan fingerprint density at radius 2 is 0.750 bits per heavy atom. The average molecular weight is 542 g/mol. The van der Waals surface area contributed by atoms with Gasteiger partial charge in [-0.2, -0.15) is 13.2 Å². The van der Waals surface area contributed by atoms with Crippen molar-refractivity contribution in [3.05, 3.63) is 121 Å². The van der Waals surface area contributed by atoms with Gasteiger partial charge in [0.2, 0.25) is 0 Å². The molecule has 4 rings (SSSR count). The summed E-state index contributed by atoms with van der Waals surface area (Å²) in [6.45, 7) is 3.41. The fraction of sp³-hybridized carbons (Fsp3) is 0.111. The van der Waals surface area contributed by atoms with Gasteiger partial charge in [0, 0.05) is 0 Å². The molecule has 0 amide bonds. The highest BCUT2D eigenvalue weighted by Crippen LogP contribution is 2.34. The highest BCUT2D eigenvalue weighted by Gasteiger charge is 2.63. The molecule has 4 aromatic rings. The van der Waals surface area contributed by atoms with Gasteiger partial charge in [0.1, 0.15) is 0 Å². The number of halogens is 3. The molecule has 4 aromatic carbocycles. The standard InChI is InChI=1S/C27H26F3NO2SSi2/c1-35(23-15-7-3-8-16-23,24-17-9-4-10-18-24)31(34(32,33)27(28,29)30)36(2,25-19-11-5-12-20-25)26-21-13-6-14-22-26/h3-22H,1-2H3. The zero-order chi connectivity index (χ0) is 26.0. The molecule has 0 N–H and O–H groups in total.